The zero-order chi connectivity index (χ0) is 15.2. The first-order valence-electron chi connectivity index (χ1n) is 7.19. The first-order chi connectivity index (χ1) is 10.1. The standard InChI is InChI=1S/C15H20ClN3O2/c1-2-14(20)17-13-7-9-19(10-8-13)15(21)18-12-5-3-11(16)4-6-12/h3-6,13H,2,7-10H2,1H3,(H,17,20)(H,18,21). The van der Waals surface area contributed by atoms with E-state index in [4.69, 9.17) is 11.6 Å². The average molecular weight is 310 g/mol. The van der Waals surface area contributed by atoms with Gasteiger partial charge in [0.25, 0.3) is 0 Å². The van der Waals surface area contributed by atoms with Gasteiger partial charge in [0.2, 0.25) is 5.91 Å². The van der Waals surface area contributed by atoms with Crippen LogP contribution in [-0.2, 0) is 4.79 Å². The van der Waals surface area contributed by atoms with E-state index in [1.807, 2.05) is 6.92 Å². The van der Waals surface area contributed by atoms with Crippen molar-refractivity contribution in [3.63, 3.8) is 0 Å². The number of hydrogen-bond donors (Lipinski definition) is 2. The smallest absolute Gasteiger partial charge is 0.321 e. The lowest BCUT2D eigenvalue weighted by molar-refractivity contribution is -0.121. The molecule has 0 aromatic heterocycles. The van der Waals surface area contributed by atoms with Crippen LogP contribution >= 0.6 is 11.6 Å². The second-order valence-electron chi connectivity index (χ2n) is 5.12. The zero-order valence-corrected chi connectivity index (χ0v) is 12.8. The first-order valence-corrected chi connectivity index (χ1v) is 7.57. The second-order valence-corrected chi connectivity index (χ2v) is 5.56. The number of likely N-dealkylation sites (tertiary alicyclic amines) is 1. The molecule has 0 radical (unpaired) electrons. The fraction of sp³-hybridized carbons (Fsp3) is 0.467. The van der Waals surface area contributed by atoms with Gasteiger partial charge in [0, 0.05) is 36.3 Å². The van der Waals surface area contributed by atoms with Gasteiger partial charge in [-0.3, -0.25) is 4.79 Å². The number of benzene rings is 1. The van der Waals surface area contributed by atoms with Crippen molar-refractivity contribution in [2.75, 3.05) is 18.4 Å². The van der Waals surface area contributed by atoms with Crippen LogP contribution in [0.3, 0.4) is 0 Å². The lowest BCUT2D eigenvalue weighted by atomic mass is 10.1. The van der Waals surface area contributed by atoms with Crippen LogP contribution in [0.1, 0.15) is 26.2 Å². The van der Waals surface area contributed by atoms with E-state index in [1.54, 1.807) is 29.2 Å². The Bertz CT molecular complexity index is 496. The van der Waals surface area contributed by atoms with Crippen LogP contribution in [0.2, 0.25) is 5.02 Å². The van der Waals surface area contributed by atoms with Crippen LogP contribution < -0.4 is 10.6 Å². The minimum Gasteiger partial charge on any atom is -0.353 e. The van der Waals surface area contributed by atoms with E-state index in [0.717, 1.165) is 18.5 Å². The summed E-state index contributed by atoms with van der Waals surface area (Å²) in [7, 11) is 0. The molecule has 1 aliphatic rings. The number of nitrogens with one attached hydrogen (secondary N) is 2. The SMILES string of the molecule is CCC(=O)NC1CCN(C(=O)Nc2ccc(Cl)cc2)CC1. The van der Waals surface area contributed by atoms with Gasteiger partial charge in [-0.05, 0) is 37.1 Å². The Morgan fingerprint density at radius 3 is 2.43 bits per heavy atom. The fourth-order valence-corrected chi connectivity index (χ4v) is 2.42. The number of rotatable bonds is 3. The van der Waals surface area contributed by atoms with Gasteiger partial charge >= 0.3 is 6.03 Å². The molecule has 114 valence electrons. The minimum absolute atomic E-state index is 0.0686. The maximum Gasteiger partial charge on any atom is 0.321 e. The minimum atomic E-state index is -0.113. The predicted octanol–water partition coefficient (Wildman–Crippen LogP) is 2.86. The number of hydrogen-bond acceptors (Lipinski definition) is 2. The molecule has 0 atom stereocenters. The molecule has 3 amide bonds. The van der Waals surface area contributed by atoms with Crippen molar-refractivity contribution >= 4 is 29.2 Å². The van der Waals surface area contributed by atoms with Crippen molar-refractivity contribution < 1.29 is 9.59 Å². The van der Waals surface area contributed by atoms with Crippen LogP contribution in [0.15, 0.2) is 24.3 Å². The number of urea groups is 1. The topological polar surface area (TPSA) is 61.4 Å². The molecule has 0 spiro atoms. The van der Waals surface area contributed by atoms with Gasteiger partial charge in [0.1, 0.15) is 0 Å². The molecule has 1 aliphatic heterocycles. The van der Waals surface area contributed by atoms with E-state index in [9.17, 15) is 9.59 Å². The molecule has 1 aromatic carbocycles. The molecule has 0 bridgehead atoms. The molecule has 0 saturated carbocycles. The molecule has 1 aromatic rings. The number of amides is 3. The van der Waals surface area contributed by atoms with Crippen molar-refractivity contribution in [2.45, 2.75) is 32.2 Å². The third-order valence-corrected chi connectivity index (χ3v) is 3.82. The van der Waals surface area contributed by atoms with Gasteiger partial charge < -0.3 is 15.5 Å². The van der Waals surface area contributed by atoms with E-state index in [-0.39, 0.29) is 18.0 Å². The second kappa shape index (κ2) is 7.31. The summed E-state index contributed by atoms with van der Waals surface area (Å²) in [6.07, 6.45) is 2.08. The lowest BCUT2D eigenvalue weighted by Crippen LogP contribution is -2.47. The molecule has 1 saturated heterocycles. The highest BCUT2D eigenvalue weighted by atomic mass is 35.5. The van der Waals surface area contributed by atoms with Gasteiger partial charge in [0.15, 0.2) is 0 Å². The molecule has 0 unspecified atom stereocenters. The van der Waals surface area contributed by atoms with Crippen molar-refractivity contribution in [1.82, 2.24) is 10.2 Å². The van der Waals surface area contributed by atoms with Gasteiger partial charge in [-0.15, -0.1) is 0 Å². The van der Waals surface area contributed by atoms with E-state index >= 15 is 0 Å². The Hall–Kier alpha value is -1.75. The van der Waals surface area contributed by atoms with Crippen LogP contribution in [-0.4, -0.2) is 36.0 Å². The highest BCUT2D eigenvalue weighted by Gasteiger charge is 2.23. The van der Waals surface area contributed by atoms with Crippen molar-refractivity contribution in [1.29, 1.82) is 0 Å². The molecule has 6 heteroatoms. The van der Waals surface area contributed by atoms with Crippen molar-refractivity contribution in [2.24, 2.45) is 0 Å². The number of carbonyl (C=O) groups is 2. The lowest BCUT2D eigenvalue weighted by Gasteiger charge is -2.32. The Morgan fingerprint density at radius 1 is 1.24 bits per heavy atom. The van der Waals surface area contributed by atoms with Crippen LogP contribution in [0.4, 0.5) is 10.5 Å². The Morgan fingerprint density at radius 2 is 1.86 bits per heavy atom. The Kier molecular flexibility index (Phi) is 5.44. The maximum absolute atomic E-state index is 12.1. The van der Waals surface area contributed by atoms with Crippen molar-refractivity contribution in [3.8, 4) is 0 Å². The largest absolute Gasteiger partial charge is 0.353 e. The highest BCUT2D eigenvalue weighted by Crippen LogP contribution is 2.16. The van der Waals surface area contributed by atoms with Gasteiger partial charge in [-0.25, -0.2) is 4.79 Å². The predicted molar refractivity (Wildman–Crippen MR) is 83.5 cm³/mol. The van der Waals surface area contributed by atoms with Crippen LogP contribution in [0, 0.1) is 0 Å². The Balaban J connectivity index is 1.80. The average Bonchev–Trinajstić information content (AvgIpc) is 2.50. The van der Waals surface area contributed by atoms with Crippen LogP contribution in [0.25, 0.3) is 0 Å². The summed E-state index contributed by atoms with van der Waals surface area (Å²) in [5.41, 5.74) is 0.728. The fourth-order valence-electron chi connectivity index (χ4n) is 2.29. The first kappa shape index (κ1) is 15.6. The molecule has 5 nitrogen and oxygen atoms in total. The van der Waals surface area contributed by atoms with E-state index < -0.39 is 0 Å². The normalized spacial score (nSPS) is 15.6. The maximum atomic E-state index is 12.1. The summed E-state index contributed by atoms with van der Waals surface area (Å²) in [6, 6.07) is 7.09. The molecular weight excluding hydrogens is 290 g/mol. The van der Waals surface area contributed by atoms with Gasteiger partial charge in [0.05, 0.1) is 0 Å². The van der Waals surface area contributed by atoms with E-state index in [2.05, 4.69) is 10.6 Å². The number of piperidine rings is 1. The summed E-state index contributed by atoms with van der Waals surface area (Å²) >= 11 is 5.81. The molecule has 1 heterocycles. The molecule has 2 N–H and O–H groups in total. The molecule has 1 fully saturated rings. The monoisotopic (exact) mass is 309 g/mol. The number of anilines is 1. The summed E-state index contributed by atoms with van der Waals surface area (Å²) < 4.78 is 0. The third-order valence-electron chi connectivity index (χ3n) is 3.56. The summed E-state index contributed by atoms with van der Waals surface area (Å²) in [6.45, 7) is 3.13. The number of carbonyl (C=O) groups excluding carboxylic acids is 2. The van der Waals surface area contributed by atoms with E-state index in [0.29, 0.717) is 24.5 Å². The molecule has 0 aliphatic carbocycles. The van der Waals surface area contributed by atoms with Gasteiger partial charge in [-0.2, -0.15) is 0 Å². The van der Waals surface area contributed by atoms with Crippen LogP contribution in [0.5, 0.6) is 0 Å². The van der Waals surface area contributed by atoms with Crippen molar-refractivity contribution in [3.05, 3.63) is 29.3 Å². The molecule has 21 heavy (non-hydrogen) atoms. The van der Waals surface area contributed by atoms with Gasteiger partial charge in [-0.1, -0.05) is 18.5 Å². The third kappa shape index (κ3) is 4.63. The number of nitrogens with zero attached hydrogens (tertiary/aromatic N) is 1. The van der Waals surface area contributed by atoms with E-state index in [1.165, 1.54) is 0 Å². The molecule has 2 rings (SSSR count). The summed E-state index contributed by atoms with van der Waals surface area (Å²) in [5, 5.41) is 6.46. The molecular formula is C15H20ClN3O2. The Labute approximate surface area is 129 Å². The zero-order valence-electron chi connectivity index (χ0n) is 12.1. The number of halogens is 1. The highest BCUT2D eigenvalue weighted by molar-refractivity contribution is 6.30. The quantitative estimate of drug-likeness (QED) is 0.902. The summed E-state index contributed by atoms with van der Waals surface area (Å²) in [5.74, 6) is 0.0686. The summed E-state index contributed by atoms with van der Waals surface area (Å²) in [4.78, 5) is 25.2.